The Morgan fingerprint density at radius 1 is 0.472 bits per heavy atom. The Morgan fingerprint density at radius 3 is 1.60 bits per heavy atom. The highest BCUT2D eigenvalue weighted by molar-refractivity contribution is 5.87. The van der Waals surface area contributed by atoms with E-state index in [0.29, 0.717) is 5.92 Å². The smallest absolute Gasteiger partial charge is 0.0152 e. The van der Waals surface area contributed by atoms with Crippen molar-refractivity contribution in [2.75, 3.05) is 0 Å². The zero-order valence-corrected chi connectivity index (χ0v) is 34.2. The van der Waals surface area contributed by atoms with Gasteiger partial charge in [0.25, 0.3) is 0 Å². The molecule has 1 atom stereocenters. The first-order valence-corrected chi connectivity index (χ1v) is 20.0. The van der Waals surface area contributed by atoms with Crippen LogP contribution in [0, 0.1) is 26.7 Å². The predicted molar refractivity (Wildman–Crippen MR) is 226 cm³/mol. The summed E-state index contributed by atoms with van der Waals surface area (Å²) in [5, 5.41) is 0. The summed E-state index contributed by atoms with van der Waals surface area (Å²) in [5.74, 6) is 0.429. The molecule has 0 N–H and O–H groups in total. The minimum absolute atomic E-state index is 0.00335. The highest BCUT2D eigenvalue weighted by atomic mass is 14.4. The number of hydrogen-bond donors (Lipinski definition) is 0. The quantitative estimate of drug-likeness (QED) is 0.164. The molecule has 0 amide bonds. The molecule has 0 heteroatoms. The first kappa shape index (κ1) is 34.4. The summed E-state index contributed by atoms with van der Waals surface area (Å²) in [6.07, 6.45) is 6.94. The summed E-state index contributed by atoms with van der Waals surface area (Å²) in [7, 11) is 0. The predicted octanol–water partition coefficient (Wildman–Crippen LogP) is 13.8. The van der Waals surface area contributed by atoms with Crippen molar-refractivity contribution in [2.45, 2.75) is 118 Å². The average molecular weight is 693 g/mol. The molecule has 0 radical (unpaired) electrons. The average Bonchev–Trinajstić information content (AvgIpc) is 3.12. The summed E-state index contributed by atoms with van der Waals surface area (Å²) < 4.78 is 0. The Hall–Kier alpha value is -4.42. The van der Waals surface area contributed by atoms with Gasteiger partial charge in [0.15, 0.2) is 0 Å². The van der Waals surface area contributed by atoms with E-state index in [4.69, 9.17) is 0 Å². The lowest BCUT2D eigenvalue weighted by Gasteiger charge is -2.39. The molecule has 0 nitrogen and oxygen atoms in total. The molecule has 0 fully saturated rings. The van der Waals surface area contributed by atoms with Crippen LogP contribution >= 0.6 is 0 Å². The van der Waals surface area contributed by atoms with Crippen LogP contribution in [0.2, 0.25) is 0 Å². The summed E-state index contributed by atoms with van der Waals surface area (Å²) in [4.78, 5) is 0. The van der Waals surface area contributed by atoms with Crippen LogP contribution in [-0.2, 0) is 28.1 Å². The molecule has 0 saturated heterocycles. The maximum absolute atomic E-state index is 2.56. The van der Waals surface area contributed by atoms with Gasteiger partial charge in [-0.3, -0.25) is 0 Å². The van der Waals surface area contributed by atoms with Crippen molar-refractivity contribution in [3.8, 4) is 22.3 Å². The molecule has 1 unspecified atom stereocenters. The van der Waals surface area contributed by atoms with Crippen LogP contribution in [-0.4, -0.2) is 0 Å². The van der Waals surface area contributed by atoms with E-state index >= 15 is 0 Å². The zero-order valence-electron chi connectivity index (χ0n) is 34.2. The van der Waals surface area contributed by atoms with E-state index in [2.05, 4.69) is 174 Å². The Balaban J connectivity index is 1.39. The Morgan fingerprint density at radius 2 is 0.962 bits per heavy atom. The lowest BCUT2D eigenvalue weighted by molar-refractivity contribution is 0.363. The Kier molecular flexibility index (Phi) is 7.17. The van der Waals surface area contributed by atoms with Gasteiger partial charge in [0.1, 0.15) is 0 Å². The highest BCUT2D eigenvalue weighted by Crippen LogP contribution is 2.53. The molecule has 0 aliphatic heterocycles. The fourth-order valence-corrected chi connectivity index (χ4v) is 11.9. The standard InChI is InChI=1S/C53H56/c1-30-36-17-13-19-42(30)50(5,6)43-20-15-21-44(33(43)4)51(7,8)48-27-34(25-38(36)31(48)2)35-26-39-32(3)49(28-35)53(11,12)47-24-16-23-46-41(47)29-40-37(39)18-14-22-45(40)52(46,9)10/h13-18,20-28,42H,19,29H2,1-12H3. The van der Waals surface area contributed by atoms with Gasteiger partial charge in [0, 0.05) is 16.2 Å². The molecule has 10 bridgehead atoms. The van der Waals surface area contributed by atoms with Crippen LogP contribution in [0.15, 0.2) is 96.6 Å². The summed E-state index contributed by atoms with van der Waals surface area (Å²) >= 11 is 0. The van der Waals surface area contributed by atoms with Crippen molar-refractivity contribution >= 4 is 5.57 Å². The lowest BCUT2D eigenvalue weighted by atomic mass is 9.64. The highest BCUT2D eigenvalue weighted by Gasteiger charge is 2.41. The third-order valence-electron chi connectivity index (χ3n) is 15.0. The largest absolute Gasteiger partial charge is 0.0833 e. The van der Waals surface area contributed by atoms with Crippen LogP contribution in [0.1, 0.15) is 141 Å². The van der Waals surface area contributed by atoms with Crippen LogP contribution in [0.3, 0.4) is 0 Å². The SMILES string of the molecule is CC1=C2C=CCC1C(C)(C)c1cccc(c1C)C(C)(C)c1cc(-c3cc4c(C)c(c3)C(C)(C)c3cccc5c3Cc3c-4cccc3C5(C)C)cc2c1C. The van der Waals surface area contributed by atoms with Crippen LogP contribution in [0.25, 0.3) is 27.8 Å². The first-order valence-electron chi connectivity index (χ1n) is 20.0. The van der Waals surface area contributed by atoms with Crippen molar-refractivity contribution in [1.29, 1.82) is 0 Å². The van der Waals surface area contributed by atoms with Crippen molar-refractivity contribution in [3.63, 3.8) is 0 Å². The molecular weight excluding hydrogens is 637 g/mol. The second kappa shape index (κ2) is 11.1. The van der Waals surface area contributed by atoms with E-state index in [9.17, 15) is 0 Å². The normalized spacial score (nSPS) is 20.6. The molecule has 0 heterocycles. The van der Waals surface area contributed by atoms with Gasteiger partial charge in [-0.15, -0.1) is 0 Å². The second-order valence-corrected chi connectivity index (χ2v) is 19.1. The monoisotopic (exact) mass is 692 g/mol. The molecule has 0 aromatic heterocycles. The number of benzene rings is 5. The Bertz CT molecular complexity index is 2480. The first-order chi connectivity index (χ1) is 25.0. The van der Waals surface area contributed by atoms with Crippen LogP contribution in [0.4, 0.5) is 0 Å². The molecule has 9 rings (SSSR count). The second-order valence-electron chi connectivity index (χ2n) is 19.1. The number of hydrogen-bond acceptors (Lipinski definition) is 0. The zero-order chi connectivity index (χ0) is 37.6. The fourth-order valence-electron chi connectivity index (χ4n) is 11.9. The van der Waals surface area contributed by atoms with Gasteiger partial charge < -0.3 is 0 Å². The van der Waals surface area contributed by atoms with Crippen molar-refractivity contribution in [2.24, 2.45) is 5.92 Å². The van der Waals surface area contributed by atoms with E-state index < -0.39 is 0 Å². The van der Waals surface area contributed by atoms with Gasteiger partial charge >= 0.3 is 0 Å². The maximum Gasteiger partial charge on any atom is 0.0152 e. The molecule has 53 heavy (non-hydrogen) atoms. The van der Waals surface area contributed by atoms with Crippen molar-refractivity contribution in [3.05, 3.63) is 169 Å². The van der Waals surface area contributed by atoms with Crippen LogP contribution < -0.4 is 0 Å². The molecule has 0 spiro atoms. The van der Waals surface area contributed by atoms with Gasteiger partial charge in [-0.05, 0) is 176 Å². The van der Waals surface area contributed by atoms with E-state index in [1.165, 1.54) is 106 Å². The van der Waals surface area contributed by atoms with E-state index in [0.717, 1.165) is 12.8 Å². The number of fused-ring (bicyclic) bond motifs is 9. The molecule has 5 aromatic carbocycles. The van der Waals surface area contributed by atoms with Crippen molar-refractivity contribution < 1.29 is 0 Å². The van der Waals surface area contributed by atoms with Gasteiger partial charge in [0.05, 0.1) is 0 Å². The van der Waals surface area contributed by atoms with Gasteiger partial charge in [0.2, 0.25) is 0 Å². The van der Waals surface area contributed by atoms with E-state index in [1.54, 1.807) is 0 Å². The molecule has 5 aromatic rings. The summed E-state index contributed by atoms with van der Waals surface area (Å²) in [6, 6.07) is 31.6. The third kappa shape index (κ3) is 4.54. The molecule has 4 aliphatic carbocycles. The van der Waals surface area contributed by atoms with E-state index in [1.807, 2.05) is 0 Å². The molecule has 268 valence electrons. The minimum Gasteiger partial charge on any atom is -0.0833 e. The fraction of sp³-hybridized carbons (Fsp3) is 0.358. The lowest BCUT2D eigenvalue weighted by Crippen LogP contribution is -2.32. The van der Waals surface area contributed by atoms with Crippen molar-refractivity contribution in [1.82, 2.24) is 0 Å². The topological polar surface area (TPSA) is 0 Å². The molecule has 4 aliphatic rings. The third-order valence-corrected chi connectivity index (χ3v) is 15.0. The van der Waals surface area contributed by atoms with E-state index in [-0.39, 0.29) is 21.7 Å². The molecular formula is C53H56. The Labute approximate surface area is 319 Å². The molecule has 0 saturated carbocycles. The van der Waals surface area contributed by atoms with Gasteiger partial charge in [-0.1, -0.05) is 128 Å². The number of allylic oxidation sites excluding steroid dienone is 4. The number of rotatable bonds is 1. The summed E-state index contributed by atoms with van der Waals surface area (Å²) in [6.45, 7) is 29.3. The van der Waals surface area contributed by atoms with Crippen LogP contribution in [0.5, 0.6) is 0 Å². The maximum atomic E-state index is 2.56. The summed E-state index contributed by atoms with van der Waals surface area (Å²) in [5.41, 5.74) is 26.8. The van der Waals surface area contributed by atoms with Gasteiger partial charge in [-0.2, -0.15) is 0 Å². The minimum atomic E-state index is -0.193. The van der Waals surface area contributed by atoms with Gasteiger partial charge in [-0.25, -0.2) is 0 Å².